The normalized spacial score (nSPS) is 20.3. The maximum absolute atomic E-state index is 12.4. The van der Waals surface area contributed by atoms with E-state index in [0.717, 1.165) is 12.2 Å². The van der Waals surface area contributed by atoms with E-state index in [4.69, 9.17) is 18.9 Å². The maximum atomic E-state index is 12.4. The summed E-state index contributed by atoms with van der Waals surface area (Å²) in [7, 11) is 1.78. The quantitative estimate of drug-likeness (QED) is 0.768. The van der Waals surface area contributed by atoms with Crippen LogP contribution < -0.4 is 9.47 Å². The molecule has 2 atom stereocenters. The zero-order valence-corrected chi connectivity index (χ0v) is 16.0. The highest BCUT2D eigenvalue weighted by atomic mass is 16.6. The predicted molar refractivity (Wildman–Crippen MR) is 104 cm³/mol. The van der Waals surface area contributed by atoms with Gasteiger partial charge in [-0.3, -0.25) is 4.79 Å². The topological polar surface area (TPSA) is 57.2 Å². The van der Waals surface area contributed by atoms with Crippen molar-refractivity contribution in [3.63, 3.8) is 0 Å². The minimum Gasteiger partial charge on any atom is -0.486 e. The van der Waals surface area contributed by atoms with Gasteiger partial charge in [-0.15, -0.1) is 0 Å². The third-order valence-corrected chi connectivity index (χ3v) is 5.05. The molecule has 0 radical (unpaired) electrons. The first-order chi connectivity index (χ1) is 13.7. The number of fused-ring (bicyclic) bond motifs is 2. The van der Waals surface area contributed by atoms with Gasteiger partial charge < -0.3 is 23.8 Å². The number of para-hydroxylation sites is 2. The molecule has 0 aromatic heterocycles. The van der Waals surface area contributed by atoms with Gasteiger partial charge >= 0.3 is 0 Å². The first-order valence-electron chi connectivity index (χ1n) is 9.60. The second-order valence-corrected chi connectivity index (χ2v) is 7.10. The third kappa shape index (κ3) is 4.29. The Balaban J connectivity index is 1.24. The highest BCUT2D eigenvalue weighted by molar-refractivity contribution is 5.77. The molecule has 0 bridgehead atoms. The largest absolute Gasteiger partial charge is 0.486 e. The van der Waals surface area contributed by atoms with Gasteiger partial charge in [-0.25, -0.2) is 0 Å². The summed E-state index contributed by atoms with van der Waals surface area (Å²) in [4.78, 5) is 14.1. The molecule has 0 N–H and O–H groups in total. The molecule has 0 saturated heterocycles. The predicted octanol–water partition coefficient (Wildman–Crippen LogP) is 2.62. The van der Waals surface area contributed by atoms with Gasteiger partial charge in [0.25, 0.3) is 0 Å². The molecule has 148 valence electrons. The van der Waals surface area contributed by atoms with Crippen LogP contribution in [0.2, 0.25) is 0 Å². The lowest BCUT2D eigenvalue weighted by Crippen LogP contribution is -2.38. The first-order valence-corrected chi connectivity index (χ1v) is 9.60. The van der Waals surface area contributed by atoms with E-state index in [2.05, 4.69) is 12.1 Å². The Hall–Kier alpha value is -2.57. The number of carbonyl (C=O) groups is 1. The summed E-state index contributed by atoms with van der Waals surface area (Å²) in [5.74, 6) is 1.37. The van der Waals surface area contributed by atoms with Crippen molar-refractivity contribution in [1.82, 2.24) is 4.90 Å². The van der Waals surface area contributed by atoms with Crippen molar-refractivity contribution in [2.24, 2.45) is 0 Å². The highest BCUT2D eigenvalue weighted by Gasteiger charge is 2.24. The summed E-state index contributed by atoms with van der Waals surface area (Å²) < 4.78 is 23.0. The van der Waals surface area contributed by atoms with Crippen LogP contribution in [-0.4, -0.2) is 56.9 Å². The SMILES string of the molecule is CN(C[C@@H]1OCCc2ccccc21)C(=O)COC[C@@H]1COc2ccccc2O1. The smallest absolute Gasteiger partial charge is 0.248 e. The Morgan fingerprint density at radius 2 is 1.93 bits per heavy atom. The summed E-state index contributed by atoms with van der Waals surface area (Å²) in [5, 5.41) is 0. The van der Waals surface area contributed by atoms with Gasteiger partial charge in [0.05, 0.1) is 19.8 Å². The number of hydrogen-bond acceptors (Lipinski definition) is 5. The Labute approximate surface area is 165 Å². The Morgan fingerprint density at radius 1 is 1.14 bits per heavy atom. The fourth-order valence-electron chi connectivity index (χ4n) is 3.51. The molecule has 0 saturated carbocycles. The average Bonchev–Trinajstić information content (AvgIpc) is 2.74. The van der Waals surface area contributed by atoms with Gasteiger partial charge in [-0.2, -0.15) is 0 Å². The Morgan fingerprint density at radius 3 is 2.82 bits per heavy atom. The molecule has 2 aromatic rings. The molecule has 0 aliphatic carbocycles. The average molecular weight is 383 g/mol. The van der Waals surface area contributed by atoms with Crippen molar-refractivity contribution in [1.29, 1.82) is 0 Å². The lowest BCUT2D eigenvalue weighted by molar-refractivity contribution is -0.138. The van der Waals surface area contributed by atoms with Gasteiger partial charge in [0.1, 0.15) is 19.3 Å². The van der Waals surface area contributed by atoms with Gasteiger partial charge in [-0.1, -0.05) is 36.4 Å². The molecule has 2 heterocycles. The van der Waals surface area contributed by atoms with E-state index in [1.807, 2.05) is 36.4 Å². The fraction of sp³-hybridized carbons (Fsp3) is 0.409. The van der Waals surface area contributed by atoms with Crippen molar-refractivity contribution in [3.8, 4) is 11.5 Å². The first kappa shape index (κ1) is 18.8. The van der Waals surface area contributed by atoms with Crippen LogP contribution in [0.1, 0.15) is 17.2 Å². The zero-order valence-electron chi connectivity index (χ0n) is 16.0. The molecule has 0 spiro atoms. The van der Waals surface area contributed by atoms with E-state index in [1.54, 1.807) is 11.9 Å². The second kappa shape index (κ2) is 8.63. The molecule has 6 heteroatoms. The molecule has 2 aliphatic heterocycles. The summed E-state index contributed by atoms with van der Waals surface area (Å²) in [6.45, 7) is 1.91. The highest BCUT2D eigenvalue weighted by Crippen LogP contribution is 2.31. The molecule has 4 rings (SSSR count). The van der Waals surface area contributed by atoms with Crippen LogP contribution in [0.3, 0.4) is 0 Å². The number of likely N-dealkylation sites (N-methyl/N-ethyl adjacent to an activating group) is 1. The van der Waals surface area contributed by atoms with Gasteiger partial charge in [0.15, 0.2) is 17.6 Å². The second-order valence-electron chi connectivity index (χ2n) is 7.10. The van der Waals surface area contributed by atoms with E-state index in [-0.39, 0.29) is 24.7 Å². The number of ether oxygens (including phenoxy) is 4. The van der Waals surface area contributed by atoms with Crippen molar-refractivity contribution in [3.05, 3.63) is 59.7 Å². The van der Waals surface area contributed by atoms with Gasteiger partial charge in [-0.05, 0) is 29.7 Å². The van der Waals surface area contributed by atoms with Crippen LogP contribution in [0.5, 0.6) is 11.5 Å². The van der Waals surface area contributed by atoms with E-state index in [9.17, 15) is 4.79 Å². The molecule has 28 heavy (non-hydrogen) atoms. The van der Waals surface area contributed by atoms with Crippen molar-refractivity contribution < 1.29 is 23.7 Å². The number of rotatable bonds is 6. The lowest BCUT2D eigenvalue weighted by atomic mass is 9.97. The van der Waals surface area contributed by atoms with Crippen LogP contribution in [0.4, 0.5) is 0 Å². The fourth-order valence-corrected chi connectivity index (χ4v) is 3.51. The number of amides is 1. The molecule has 0 fully saturated rings. The molecule has 0 unspecified atom stereocenters. The Bertz CT molecular complexity index is 824. The van der Waals surface area contributed by atoms with E-state index < -0.39 is 0 Å². The van der Waals surface area contributed by atoms with Crippen molar-refractivity contribution in [2.45, 2.75) is 18.6 Å². The van der Waals surface area contributed by atoms with Crippen LogP contribution in [0.25, 0.3) is 0 Å². The van der Waals surface area contributed by atoms with E-state index >= 15 is 0 Å². The summed E-state index contributed by atoms with van der Waals surface area (Å²) >= 11 is 0. The number of carbonyl (C=O) groups excluding carboxylic acids is 1. The molecule has 1 amide bonds. The van der Waals surface area contributed by atoms with Gasteiger partial charge in [0.2, 0.25) is 5.91 Å². The Kier molecular flexibility index (Phi) is 5.78. The molecule has 2 aliphatic rings. The van der Waals surface area contributed by atoms with Crippen LogP contribution >= 0.6 is 0 Å². The monoisotopic (exact) mass is 383 g/mol. The molecular weight excluding hydrogens is 358 g/mol. The van der Waals surface area contributed by atoms with Crippen LogP contribution in [0, 0.1) is 0 Å². The van der Waals surface area contributed by atoms with Crippen molar-refractivity contribution in [2.75, 3.05) is 40.0 Å². The standard InChI is InChI=1S/C22H25NO5/c1-23(12-21-18-7-3-2-6-16(18)10-11-26-21)22(24)15-25-13-17-14-27-19-8-4-5-9-20(19)28-17/h2-9,17,21H,10-15H2,1H3/t17-,21+/m1/s1. The third-order valence-electron chi connectivity index (χ3n) is 5.05. The summed E-state index contributed by atoms with van der Waals surface area (Å²) in [6, 6.07) is 15.8. The van der Waals surface area contributed by atoms with Crippen LogP contribution in [0.15, 0.2) is 48.5 Å². The minimum absolute atomic E-state index is 0.00632. The maximum Gasteiger partial charge on any atom is 0.248 e. The summed E-state index contributed by atoms with van der Waals surface area (Å²) in [6.07, 6.45) is 0.604. The molecule has 2 aromatic carbocycles. The molecular formula is C22H25NO5. The number of hydrogen-bond donors (Lipinski definition) is 0. The minimum atomic E-state index is -0.221. The molecule has 6 nitrogen and oxygen atoms in total. The van der Waals surface area contributed by atoms with Crippen LogP contribution in [-0.2, 0) is 20.7 Å². The van der Waals surface area contributed by atoms with Gasteiger partial charge in [0, 0.05) is 7.05 Å². The number of benzene rings is 2. The van der Waals surface area contributed by atoms with E-state index in [1.165, 1.54) is 11.1 Å². The summed E-state index contributed by atoms with van der Waals surface area (Å²) in [5.41, 5.74) is 2.46. The van der Waals surface area contributed by atoms with E-state index in [0.29, 0.717) is 32.1 Å². The van der Waals surface area contributed by atoms with Crippen molar-refractivity contribution >= 4 is 5.91 Å². The lowest BCUT2D eigenvalue weighted by Gasteiger charge is -2.30. The number of nitrogens with zero attached hydrogens (tertiary/aromatic N) is 1. The zero-order chi connectivity index (χ0) is 19.3.